The van der Waals surface area contributed by atoms with Crippen molar-refractivity contribution in [2.75, 3.05) is 19.5 Å². The molecule has 0 saturated heterocycles. The summed E-state index contributed by atoms with van der Waals surface area (Å²) in [7, 11) is 2.65. The average Bonchev–Trinajstić information content (AvgIpc) is 2.68. The number of amides is 1. The number of nitrogens with zero attached hydrogens (tertiary/aromatic N) is 2. The van der Waals surface area contributed by atoms with Gasteiger partial charge in [0.2, 0.25) is 5.75 Å². The second-order valence-corrected chi connectivity index (χ2v) is 5.97. The Kier molecular flexibility index (Phi) is 6.58. The van der Waals surface area contributed by atoms with Gasteiger partial charge in [-0.05, 0) is 30.7 Å². The molecule has 8 nitrogen and oxygen atoms in total. The summed E-state index contributed by atoms with van der Waals surface area (Å²) in [5.74, 6) is -0.480. The Balaban J connectivity index is 2.47. The van der Waals surface area contributed by atoms with Crippen LogP contribution in [-0.4, -0.2) is 25.1 Å². The summed E-state index contributed by atoms with van der Waals surface area (Å²) in [5.41, 5.74) is 0.693. The van der Waals surface area contributed by atoms with Gasteiger partial charge in [0.25, 0.3) is 5.91 Å². The second-order valence-electron chi connectivity index (χ2n) is 5.56. The molecule has 0 atom stereocenters. The van der Waals surface area contributed by atoms with Crippen molar-refractivity contribution in [2.24, 2.45) is 0 Å². The van der Waals surface area contributed by atoms with E-state index in [2.05, 4.69) is 5.32 Å². The van der Waals surface area contributed by atoms with E-state index in [0.717, 1.165) is 0 Å². The maximum absolute atomic E-state index is 12.5. The number of hydrogen-bond donors (Lipinski definition) is 1. The molecule has 9 heteroatoms. The number of ether oxygens (including phenoxy) is 2. The summed E-state index contributed by atoms with van der Waals surface area (Å²) in [6.45, 7) is 1.73. The minimum atomic E-state index is -0.687. The SMILES string of the molecule is COc1cc(OC)c([N+](=O)[O-])cc1/C=C(\C#N)C(=O)Nc1cccc(Cl)c1C. The highest BCUT2D eigenvalue weighted by atomic mass is 35.5. The fourth-order valence-corrected chi connectivity index (χ4v) is 2.57. The quantitative estimate of drug-likeness (QED) is 0.337. The third kappa shape index (κ3) is 4.39. The summed E-state index contributed by atoms with van der Waals surface area (Å²) in [6, 6.07) is 9.27. The standard InChI is InChI=1S/C19H16ClN3O5/c1-11-14(20)5-4-6-15(11)22-19(24)13(10-21)7-12-8-16(23(25)26)18(28-3)9-17(12)27-2/h4-9H,1-3H3,(H,22,24)/b13-7+. The van der Waals surface area contributed by atoms with Gasteiger partial charge in [0.1, 0.15) is 17.4 Å². The predicted molar refractivity (Wildman–Crippen MR) is 105 cm³/mol. The van der Waals surface area contributed by atoms with Crippen molar-refractivity contribution >= 4 is 35.0 Å². The highest BCUT2D eigenvalue weighted by molar-refractivity contribution is 6.31. The van der Waals surface area contributed by atoms with Gasteiger partial charge >= 0.3 is 5.69 Å². The zero-order valence-electron chi connectivity index (χ0n) is 15.3. The number of carbonyl (C=O) groups excluding carboxylic acids is 1. The molecule has 0 aliphatic rings. The fourth-order valence-electron chi connectivity index (χ4n) is 2.40. The molecule has 0 aromatic heterocycles. The molecule has 1 amide bonds. The molecule has 1 N–H and O–H groups in total. The van der Waals surface area contributed by atoms with Crippen LogP contribution in [0.4, 0.5) is 11.4 Å². The molecule has 0 heterocycles. The highest BCUT2D eigenvalue weighted by Crippen LogP contribution is 2.35. The number of nitro benzene ring substituents is 1. The van der Waals surface area contributed by atoms with E-state index in [1.807, 2.05) is 0 Å². The van der Waals surface area contributed by atoms with Crippen LogP contribution in [0.25, 0.3) is 6.08 Å². The molecule has 0 saturated carbocycles. The molecule has 0 unspecified atom stereocenters. The highest BCUT2D eigenvalue weighted by Gasteiger charge is 2.20. The lowest BCUT2D eigenvalue weighted by molar-refractivity contribution is -0.385. The zero-order valence-corrected chi connectivity index (χ0v) is 16.0. The van der Waals surface area contributed by atoms with E-state index in [4.69, 9.17) is 21.1 Å². The number of halogens is 1. The van der Waals surface area contributed by atoms with Crippen molar-refractivity contribution in [3.8, 4) is 17.6 Å². The molecule has 144 valence electrons. The van der Waals surface area contributed by atoms with Crippen molar-refractivity contribution in [3.63, 3.8) is 0 Å². The number of carbonyl (C=O) groups is 1. The van der Waals surface area contributed by atoms with Gasteiger partial charge in [0.15, 0.2) is 0 Å². The van der Waals surface area contributed by atoms with Crippen molar-refractivity contribution < 1.29 is 19.2 Å². The van der Waals surface area contributed by atoms with E-state index in [0.29, 0.717) is 16.3 Å². The molecule has 0 aliphatic carbocycles. The number of anilines is 1. The van der Waals surface area contributed by atoms with Gasteiger partial charge in [0, 0.05) is 28.4 Å². The van der Waals surface area contributed by atoms with Crippen molar-refractivity contribution in [3.05, 3.63) is 62.2 Å². The van der Waals surface area contributed by atoms with E-state index in [1.165, 1.54) is 32.4 Å². The molecule has 0 spiro atoms. The lowest BCUT2D eigenvalue weighted by Crippen LogP contribution is -2.14. The van der Waals surface area contributed by atoms with Crippen LogP contribution in [0, 0.1) is 28.4 Å². The lowest BCUT2D eigenvalue weighted by atomic mass is 10.1. The van der Waals surface area contributed by atoms with Gasteiger partial charge in [-0.3, -0.25) is 14.9 Å². The average molecular weight is 402 g/mol. The lowest BCUT2D eigenvalue weighted by Gasteiger charge is -2.10. The van der Waals surface area contributed by atoms with Gasteiger partial charge in [-0.25, -0.2) is 0 Å². The molecular formula is C19H16ClN3O5. The van der Waals surface area contributed by atoms with Crippen LogP contribution in [-0.2, 0) is 4.79 Å². The normalized spacial score (nSPS) is 10.8. The molecule has 2 aromatic rings. The Morgan fingerprint density at radius 3 is 2.54 bits per heavy atom. The van der Waals surface area contributed by atoms with Crippen LogP contribution in [0.15, 0.2) is 35.9 Å². The zero-order chi connectivity index (χ0) is 20.8. The molecule has 0 aliphatic heterocycles. The first-order chi connectivity index (χ1) is 13.3. The third-order valence-electron chi connectivity index (χ3n) is 3.91. The summed E-state index contributed by atoms with van der Waals surface area (Å²) in [5, 5.41) is 23.7. The summed E-state index contributed by atoms with van der Waals surface area (Å²) >= 11 is 6.03. The minimum absolute atomic E-state index is 0.00323. The summed E-state index contributed by atoms with van der Waals surface area (Å²) in [6.07, 6.45) is 1.21. The first-order valence-corrected chi connectivity index (χ1v) is 8.28. The smallest absolute Gasteiger partial charge is 0.311 e. The van der Waals surface area contributed by atoms with E-state index in [9.17, 15) is 20.2 Å². The molecule has 0 fully saturated rings. The van der Waals surface area contributed by atoms with Crippen molar-refractivity contribution in [2.45, 2.75) is 6.92 Å². The molecule has 2 aromatic carbocycles. The van der Waals surface area contributed by atoms with Crippen molar-refractivity contribution in [1.29, 1.82) is 5.26 Å². The van der Waals surface area contributed by atoms with Crippen molar-refractivity contribution in [1.82, 2.24) is 0 Å². The molecule has 0 bridgehead atoms. The van der Waals surface area contributed by atoms with E-state index < -0.39 is 10.8 Å². The van der Waals surface area contributed by atoms with Crippen LogP contribution in [0.2, 0.25) is 5.02 Å². The Bertz CT molecular complexity index is 1010. The monoisotopic (exact) mass is 401 g/mol. The van der Waals surface area contributed by atoms with Crippen LogP contribution in [0.1, 0.15) is 11.1 Å². The van der Waals surface area contributed by atoms with Gasteiger partial charge in [-0.1, -0.05) is 17.7 Å². The van der Waals surface area contributed by atoms with Gasteiger partial charge in [0.05, 0.1) is 19.1 Å². The minimum Gasteiger partial charge on any atom is -0.496 e. The number of hydrogen-bond acceptors (Lipinski definition) is 6. The maximum atomic E-state index is 12.5. The Hall–Kier alpha value is -3.57. The molecule has 28 heavy (non-hydrogen) atoms. The number of benzene rings is 2. The number of nitrogens with one attached hydrogen (secondary N) is 1. The second kappa shape index (κ2) is 8.88. The molecule has 2 rings (SSSR count). The fraction of sp³-hybridized carbons (Fsp3) is 0.158. The summed E-state index contributed by atoms with van der Waals surface area (Å²) in [4.78, 5) is 23.1. The molecule has 0 radical (unpaired) electrons. The number of methoxy groups -OCH3 is 2. The van der Waals surface area contributed by atoms with E-state index >= 15 is 0 Å². The Morgan fingerprint density at radius 1 is 1.29 bits per heavy atom. The first-order valence-electron chi connectivity index (χ1n) is 7.91. The van der Waals surface area contributed by atoms with E-state index in [-0.39, 0.29) is 28.3 Å². The van der Waals surface area contributed by atoms with Gasteiger partial charge in [-0.2, -0.15) is 5.26 Å². The number of rotatable bonds is 6. The topological polar surface area (TPSA) is 114 Å². The van der Waals surface area contributed by atoms with Crippen LogP contribution in [0.5, 0.6) is 11.5 Å². The van der Waals surface area contributed by atoms with Gasteiger partial charge in [-0.15, -0.1) is 0 Å². The van der Waals surface area contributed by atoms with E-state index in [1.54, 1.807) is 31.2 Å². The first kappa shape index (κ1) is 20.7. The largest absolute Gasteiger partial charge is 0.496 e. The van der Waals surface area contributed by atoms with Crippen LogP contribution >= 0.6 is 11.6 Å². The predicted octanol–water partition coefficient (Wildman–Crippen LogP) is 4.12. The van der Waals surface area contributed by atoms with Crippen LogP contribution in [0.3, 0.4) is 0 Å². The number of nitro groups is 1. The number of nitriles is 1. The van der Waals surface area contributed by atoms with Gasteiger partial charge < -0.3 is 14.8 Å². The Labute approximate surface area is 166 Å². The third-order valence-corrected chi connectivity index (χ3v) is 4.32. The van der Waals surface area contributed by atoms with Crippen LogP contribution < -0.4 is 14.8 Å². The Morgan fingerprint density at radius 2 is 1.96 bits per heavy atom. The summed E-state index contributed by atoms with van der Waals surface area (Å²) < 4.78 is 10.2. The maximum Gasteiger partial charge on any atom is 0.311 e. The molecular weight excluding hydrogens is 386 g/mol.